The zero-order valence-electron chi connectivity index (χ0n) is 18.2. The highest BCUT2D eigenvalue weighted by atomic mass is 16.6. The fraction of sp³-hybridized carbons (Fsp3) is 0.304. The van der Waals surface area contributed by atoms with Crippen LogP contribution in [0.15, 0.2) is 60.7 Å². The number of nitrogens with one attached hydrogen (secondary N) is 3. The maximum atomic E-state index is 12.7. The van der Waals surface area contributed by atoms with Crippen molar-refractivity contribution in [2.45, 2.75) is 38.9 Å². The SMILES string of the molecule is CC(C)(C)OC(=O)NCC(=O)NNC(=O)C(C(=O)OCc1ccccc1)c1ccccc1. The Hall–Kier alpha value is -3.88. The average molecular weight is 441 g/mol. The Morgan fingerprint density at radius 2 is 1.47 bits per heavy atom. The first-order chi connectivity index (χ1) is 15.2. The zero-order valence-corrected chi connectivity index (χ0v) is 18.2. The van der Waals surface area contributed by atoms with Crippen LogP contribution in [0.4, 0.5) is 4.79 Å². The second kappa shape index (κ2) is 11.5. The first-order valence-corrected chi connectivity index (χ1v) is 9.97. The summed E-state index contributed by atoms with van der Waals surface area (Å²) in [5.41, 5.74) is 4.83. The number of hydrogen-bond acceptors (Lipinski definition) is 6. The van der Waals surface area contributed by atoms with Gasteiger partial charge in [0.1, 0.15) is 18.8 Å². The topological polar surface area (TPSA) is 123 Å². The van der Waals surface area contributed by atoms with Gasteiger partial charge in [-0.1, -0.05) is 60.7 Å². The lowest BCUT2D eigenvalue weighted by atomic mass is 9.98. The van der Waals surface area contributed by atoms with Gasteiger partial charge in [0, 0.05) is 0 Å². The van der Waals surface area contributed by atoms with Gasteiger partial charge in [-0.15, -0.1) is 0 Å². The minimum absolute atomic E-state index is 0.00243. The molecule has 1 unspecified atom stereocenters. The number of amides is 3. The van der Waals surface area contributed by atoms with Gasteiger partial charge in [-0.25, -0.2) is 4.79 Å². The molecule has 170 valence electrons. The van der Waals surface area contributed by atoms with Crippen LogP contribution in [0.25, 0.3) is 0 Å². The minimum atomic E-state index is -1.29. The number of alkyl carbamates (subject to hydrolysis) is 1. The molecule has 1 atom stereocenters. The Bertz CT molecular complexity index is 926. The maximum Gasteiger partial charge on any atom is 0.408 e. The molecule has 0 fully saturated rings. The van der Waals surface area contributed by atoms with Crippen LogP contribution in [0.5, 0.6) is 0 Å². The van der Waals surface area contributed by atoms with E-state index in [1.54, 1.807) is 63.2 Å². The van der Waals surface area contributed by atoms with Crippen molar-refractivity contribution < 1.29 is 28.7 Å². The fourth-order valence-electron chi connectivity index (χ4n) is 2.57. The molecule has 0 heterocycles. The van der Waals surface area contributed by atoms with E-state index < -0.39 is 41.9 Å². The van der Waals surface area contributed by atoms with E-state index in [1.165, 1.54) is 0 Å². The highest BCUT2D eigenvalue weighted by Crippen LogP contribution is 2.18. The van der Waals surface area contributed by atoms with E-state index in [2.05, 4.69) is 16.2 Å². The number of carbonyl (C=O) groups is 4. The monoisotopic (exact) mass is 441 g/mol. The van der Waals surface area contributed by atoms with Gasteiger partial charge < -0.3 is 14.8 Å². The van der Waals surface area contributed by atoms with Crippen molar-refractivity contribution in [2.24, 2.45) is 0 Å². The number of benzene rings is 2. The summed E-state index contributed by atoms with van der Waals surface area (Å²) in [6, 6.07) is 17.4. The number of hydrogen-bond donors (Lipinski definition) is 3. The van der Waals surface area contributed by atoms with E-state index in [0.29, 0.717) is 5.56 Å². The van der Waals surface area contributed by atoms with Gasteiger partial charge in [-0.2, -0.15) is 0 Å². The molecule has 9 heteroatoms. The van der Waals surface area contributed by atoms with Crippen molar-refractivity contribution in [1.82, 2.24) is 16.2 Å². The van der Waals surface area contributed by atoms with Gasteiger partial charge in [0.05, 0.1) is 0 Å². The summed E-state index contributed by atoms with van der Waals surface area (Å²) in [6.07, 6.45) is -0.773. The quantitative estimate of drug-likeness (QED) is 0.344. The first-order valence-electron chi connectivity index (χ1n) is 9.97. The third-order valence-electron chi connectivity index (χ3n) is 3.97. The first kappa shape index (κ1) is 24.4. The third-order valence-corrected chi connectivity index (χ3v) is 3.97. The Kier molecular flexibility index (Phi) is 8.76. The molecular formula is C23H27N3O6. The van der Waals surface area contributed by atoms with Gasteiger partial charge in [0.15, 0.2) is 5.92 Å². The molecule has 0 aliphatic rings. The molecule has 3 N–H and O–H groups in total. The Morgan fingerprint density at radius 1 is 0.875 bits per heavy atom. The van der Waals surface area contributed by atoms with Gasteiger partial charge in [0.25, 0.3) is 11.8 Å². The van der Waals surface area contributed by atoms with Gasteiger partial charge in [-0.3, -0.25) is 25.2 Å². The number of carbonyl (C=O) groups excluding carboxylic acids is 4. The fourth-order valence-corrected chi connectivity index (χ4v) is 2.57. The van der Waals surface area contributed by atoms with E-state index in [0.717, 1.165) is 5.56 Å². The van der Waals surface area contributed by atoms with Gasteiger partial charge in [-0.05, 0) is 31.9 Å². The predicted molar refractivity (Wildman–Crippen MR) is 116 cm³/mol. The summed E-state index contributed by atoms with van der Waals surface area (Å²) in [5.74, 6) is -3.54. The van der Waals surface area contributed by atoms with E-state index in [4.69, 9.17) is 9.47 Å². The molecule has 9 nitrogen and oxygen atoms in total. The van der Waals surface area contributed by atoms with E-state index in [1.807, 2.05) is 18.2 Å². The van der Waals surface area contributed by atoms with Crippen LogP contribution in [0, 0.1) is 0 Å². The lowest BCUT2D eigenvalue weighted by Gasteiger charge is -2.19. The molecule has 0 spiro atoms. The maximum absolute atomic E-state index is 12.7. The predicted octanol–water partition coefficient (Wildman–Crippen LogP) is 2.19. The van der Waals surface area contributed by atoms with Gasteiger partial charge in [0.2, 0.25) is 0 Å². The van der Waals surface area contributed by atoms with Crippen LogP contribution in [0.3, 0.4) is 0 Å². The molecule has 0 saturated carbocycles. The van der Waals surface area contributed by atoms with Crippen LogP contribution >= 0.6 is 0 Å². The van der Waals surface area contributed by atoms with E-state index >= 15 is 0 Å². The summed E-state index contributed by atoms with van der Waals surface area (Å²) in [6.45, 7) is 4.64. The van der Waals surface area contributed by atoms with Crippen molar-refractivity contribution in [1.29, 1.82) is 0 Å². The highest BCUT2D eigenvalue weighted by molar-refractivity contribution is 6.03. The van der Waals surface area contributed by atoms with Crippen molar-refractivity contribution in [2.75, 3.05) is 6.54 Å². The normalized spacial score (nSPS) is 11.6. The number of ether oxygens (including phenoxy) is 2. The average Bonchev–Trinajstić information content (AvgIpc) is 2.75. The Labute approximate surface area is 186 Å². The Morgan fingerprint density at radius 3 is 2.06 bits per heavy atom. The molecule has 0 bridgehead atoms. The van der Waals surface area contributed by atoms with E-state index in [9.17, 15) is 19.2 Å². The third kappa shape index (κ3) is 8.47. The summed E-state index contributed by atoms with van der Waals surface area (Å²) < 4.78 is 10.3. The molecule has 0 aromatic heterocycles. The van der Waals surface area contributed by atoms with Gasteiger partial charge >= 0.3 is 12.1 Å². The standard InChI is InChI=1S/C23H27N3O6/c1-23(2,3)32-22(30)24-14-18(27)25-26-20(28)19(17-12-8-5-9-13-17)21(29)31-15-16-10-6-4-7-11-16/h4-13,19H,14-15H2,1-3H3,(H,24,30)(H,25,27)(H,26,28). The van der Waals surface area contributed by atoms with Crippen molar-refractivity contribution in [3.8, 4) is 0 Å². The van der Waals surface area contributed by atoms with Crippen molar-refractivity contribution in [3.63, 3.8) is 0 Å². The summed E-state index contributed by atoms with van der Waals surface area (Å²) >= 11 is 0. The number of esters is 1. The molecule has 2 aromatic rings. The minimum Gasteiger partial charge on any atom is -0.460 e. The molecule has 2 aromatic carbocycles. The molecular weight excluding hydrogens is 414 g/mol. The highest BCUT2D eigenvalue weighted by Gasteiger charge is 2.30. The smallest absolute Gasteiger partial charge is 0.408 e. The van der Waals surface area contributed by atoms with Crippen LogP contribution < -0.4 is 16.2 Å². The Balaban J connectivity index is 1.94. The molecule has 0 aliphatic heterocycles. The summed E-state index contributed by atoms with van der Waals surface area (Å²) in [7, 11) is 0. The summed E-state index contributed by atoms with van der Waals surface area (Å²) in [4.78, 5) is 48.9. The van der Waals surface area contributed by atoms with E-state index in [-0.39, 0.29) is 6.61 Å². The molecule has 3 amide bonds. The van der Waals surface area contributed by atoms with Crippen LogP contribution in [-0.2, 0) is 30.5 Å². The molecule has 2 rings (SSSR count). The van der Waals surface area contributed by atoms with Crippen LogP contribution in [0.1, 0.15) is 37.8 Å². The van der Waals surface area contributed by atoms with Crippen molar-refractivity contribution >= 4 is 23.9 Å². The summed E-state index contributed by atoms with van der Waals surface area (Å²) in [5, 5.41) is 2.27. The molecule has 0 radical (unpaired) electrons. The number of hydrazine groups is 1. The molecule has 32 heavy (non-hydrogen) atoms. The zero-order chi connectivity index (χ0) is 23.6. The number of rotatable bonds is 7. The van der Waals surface area contributed by atoms with Crippen LogP contribution in [-0.4, -0.2) is 36.0 Å². The largest absolute Gasteiger partial charge is 0.460 e. The second-order valence-electron chi connectivity index (χ2n) is 7.83. The second-order valence-corrected chi connectivity index (χ2v) is 7.83. The lowest BCUT2D eigenvalue weighted by Crippen LogP contribution is -2.49. The molecule has 0 saturated heterocycles. The lowest BCUT2D eigenvalue weighted by molar-refractivity contribution is -0.150. The van der Waals surface area contributed by atoms with Crippen LogP contribution in [0.2, 0.25) is 0 Å². The van der Waals surface area contributed by atoms with Crippen molar-refractivity contribution in [3.05, 3.63) is 71.8 Å². The molecule has 0 aliphatic carbocycles.